The van der Waals surface area contributed by atoms with Crippen molar-refractivity contribution in [1.29, 1.82) is 0 Å². The van der Waals surface area contributed by atoms with Gasteiger partial charge in [0.15, 0.2) is 18.1 Å². The van der Waals surface area contributed by atoms with E-state index in [2.05, 4.69) is 16.8 Å². The minimum absolute atomic E-state index is 0.0111. The number of ketones is 1. The highest BCUT2D eigenvalue weighted by atomic mass is 32.2. The Kier molecular flexibility index (Phi) is 9.27. The van der Waals surface area contributed by atoms with E-state index in [0.29, 0.717) is 92.6 Å². The number of rotatable bonds is 11. The summed E-state index contributed by atoms with van der Waals surface area (Å²) < 4.78 is 71.6. The van der Waals surface area contributed by atoms with Gasteiger partial charge in [0.2, 0.25) is 0 Å². The number of sulfone groups is 1. The van der Waals surface area contributed by atoms with Crippen molar-refractivity contribution in [2.75, 3.05) is 38.2 Å². The highest BCUT2D eigenvalue weighted by molar-refractivity contribution is 7.90. The monoisotopic (exact) mass is 753 g/mol. The third kappa shape index (κ3) is 6.96. The largest absolute Gasteiger partial charge is 0.481 e. The maximum absolute atomic E-state index is 14.0. The first-order chi connectivity index (χ1) is 24.9. The zero-order chi connectivity index (χ0) is 38.1. The van der Waals surface area contributed by atoms with E-state index in [4.69, 9.17) is 26.2 Å². The van der Waals surface area contributed by atoms with E-state index >= 15 is 0 Å². The Morgan fingerprint density at radius 2 is 1.81 bits per heavy atom. The number of halogens is 3. The zero-order valence-corrected chi connectivity index (χ0v) is 31.1. The van der Waals surface area contributed by atoms with E-state index in [1.54, 1.807) is 6.20 Å². The molecule has 2 aromatic heterocycles. The normalized spacial score (nSPS) is 25.4. The Labute approximate surface area is 306 Å². The van der Waals surface area contributed by atoms with Gasteiger partial charge in [0.05, 0.1) is 34.2 Å². The first-order valence-corrected chi connectivity index (χ1v) is 20.1. The molecule has 0 unspecified atom stereocenters. The molecule has 0 bridgehead atoms. The smallest absolute Gasteiger partial charge is 0.422 e. The first-order valence-electron chi connectivity index (χ1n) is 18.0. The molecule has 3 heterocycles. The van der Waals surface area contributed by atoms with Gasteiger partial charge in [-0.15, -0.1) is 0 Å². The Hall–Kier alpha value is -3.92. The van der Waals surface area contributed by atoms with Gasteiger partial charge in [0.25, 0.3) is 0 Å². The fraction of sp³-hybridized carbons (Fsp3) is 0.526. The average Bonchev–Trinajstić information content (AvgIpc) is 3.54. The molecule has 2 aromatic carbocycles. The molecule has 0 atom stereocenters. The number of H-pyrrole nitrogens is 1. The molecule has 7 rings (SSSR count). The van der Waals surface area contributed by atoms with Gasteiger partial charge in [-0.05, 0) is 92.2 Å². The average molecular weight is 754 g/mol. The van der Waals surface area contributed by atoms with Crippen molar-refractivity contribution in [3.63, 3.8) is 0 Å². The standard InChI is InChI=1S/C38H46F3N7O4S/c1-5-23-15-25-31(32(52-21-38(39,40)41)30(23)29-22(3)7-8-27-26(29)16-44-47-27)45-34(24-17-48(18-24)13-14-53(4,50)51)46-33(25)36(42)11-9-35(10-12-36)19-37(43,20-35)28(49)6-2/h6-8,15-16,24H,2,5,9-14,17-21,42-43H2,1,3-4H3,(H,44,47). The number of likely N-dealkylation sites (tertiary alicyclic amines) is 1. The van der Waals surface area contributed by atoms with Gasteiger partial charge >= 0.3 is 6.18 Å². The van der Waals surface area contributed by atoms with Crippen LogP contribution in [-0.4, -0.2) is 89.2 Å². The number of nitrogens with one attached hydrogen (secondary N) is 1. The predicted molar refractivity (Wildman–Crippen MR) is 197 cm³/mol. The van der Waals surface area contributed by atoms with Crippen molar-refractivity contribution in [2.45, 2.75) is 82.0 Å². The van der Waals surface area contributed by atoms with Crippen molar-refractivity contribution >= 4 is 37.4 Å². The van der Waals surface area contributed by atoms with Crippen LogP contribution in [0.5, 0.6) is 5.75 Å². The van der Waals surface area contributed by atoms with Crippen LogP contribution in [0.1, 0.15) is 74.0 Å². The van der Waals surface area contributed by atoms with Gasteiger partial charge in [0, 0.05) is 48.1 Å². The highest BCUT2D eigenvalue weighted by Crippen LogP contribution is 2.59. The Morgan fingerprint density at radius 1 is 1.11 bits per heavy atom. The molecule has 1 spiro atoms. The number of aromatic nitrogens is 4. The second-order valence-corrected chi connectivity index (χ2v) is 18.0. The van der Waals surface area contributed by atoms with Crippen LogP contribution in [-0.2, 0) is 26.6 Å². The summed E-state index contributed by atoms with van der Waals surface area (Å²) in [4.78, 5) is 24.6. The van der Waals surface area contributed by atoms with Crippen LogP contribution >= 0.6 is 0 Å². The fourth-order valence-corrected chi connectivity index (χ4v) is 9.46. The minimum Gasteiger partial charge on any atom is -0.481 e. The maximum Gasteiger partial charge on any atom is 0.422 e. The molecule has 15 heteroatoms. The molecule has 0 amide bonds. The van der Waals surface area contributed by atoms with Crippen molar-refractivity contribution in [1.82, 2.24) is 25.1 Å². The SMILES string of the molecule is C=CC(=O)C1(N)CC2(CCC(N)(c3nc(C4CN(CCS(C)(=O)=O)C4)nc4c(OCC(F)(F)F)c(-c5c(C)ccc6[nH]ncc56)c(CC)cc34)CC2)C1. The molecular weight excluding hydrogens is 708 g/mol. The van der Waals surface area contributed by atoms with Crippen LogP contribution in [0.25, 0.3) is 32.9 Å². The predicted octanol–water partition coefficient (Wildman–Crippen LogP) is 5.39. The van der Waals surface area contributed by atoms with Crippen LogP contribution in [0.3, 0.4) is 0 Å². The number of ether oxygens (including phenoxy) is 1. The second kappa shape index (κ2) is 13.1. The van der Waals surface area contributed by atoms with Gasteiger partial charge in [-0.2, -0.15) is 18.3 Å². The molecule has 5 N–H and O–H groups in total. The van der Waals surface area contributed by atoms with Crippen LogP contribution in [0.15, 0.2) is 37.1 Å². The molecule has 3 fully saturated rings. The Balaban J connectivity index is 1.38. The van der Waals surface area contributed by atoms with Crippen LogP contribution < -0.4 is 16.2 Å². The van der Waals surface area contributed by atoms with Gasteiger partial charge in [0.1, 0.15) is 21.2 Å². The summed E-state index contributed by atoms with van der Waals surface area (Å²) in [5, 5.41) is 8.48. The summed E-state index contributed by atoms with van der Waals surface area (Å²) in [5.74, 6) is 0.0874. The molecular formula is C38H46F3N7O4S. The molecule has 1 saturated heterocycles. The van der Waals surface area contributed by atoms with Crippen molar-refractivity contribution in [3.05, 3.63) is 59.7 Å². The third-order valence-electron chi connectivity index (χ3n) is 11.7. The zero-order valence-electron chi connectivity index (χ0n) is 30.3. The summed E-state index contributed by atoms with van der Waals surface area (Å²) in [6.45, 7) is 7.27. The van der Waals surface area contributed by atoms with Crippen LogP contribution in [0.2, 0.25) is 0 Å². The first kappa shape index (κ1) is 37.4. The summed E-state index contributed by atoms with van der Waals surface area (Å²) in [6, 6.07) is 5.74. The maximum atomic E-state index is 14.0. The summed E-state index contributed by atoms with van der Waals surface area (Å²) >= 11 is 0. The number of nitrogens with two attached hydrogens (primary N) is 2. The Morgan fingerprint density at radius 3 is 2.43 bits per heavy atom. The molecule has 3 aliphatic rings. The quantitative estimate of drug-likeness (QED) is 0.169. The molecule has 53 heavy (non-hydrogen) atoms. The Bertz CT molecular complexity index is 2210. The van der Waals surface area contributed by atoms with Gasteiger partial charge in [-0.3, -0.25) is 9.89 Å². The van der Waals surface area contributed by atoms with Crippen molar-refractivity contribution in [3.8, 4) is 16.9 Å². The fourth-order valence-electron chi connectivity index (χ4n) is 8.87. The number of aromatic amines is 1. The molecule has 4 aromatic rings. The number of carbonyl (C=O) groups is 1. The minimum atomic E-state index is -4.63. The van der Waals surface area contributed by atoms with E-state index < -0.39 is 33.7 Å². The topological polar surface area (TPSA) is 170 Å². The number of hydrogen-bond acceptors (Lipinski definition) is 10. The molecule has 284 valence electrons. The summed E-state index contributed by atoms with van der Waals surface area (Å²) in [5.41, 5.74) is 16.1. The number of fused-ring (bicyclic) bond motifs is 2. The number of nitrogens with zero attached hydrogens (tertiary/aromatic N) is 4. The van der Waals surface area contributed by atoms with E-state index in [1.165, 1.54) is 12.3 Å². The lowest BCUT2D eigenvalue weighted by molar-refractivity contribution is -0.153. The van der Waals surface area contributed by atoms with Gasteiger partial charge < -0.3 is 21.1 Å². The van der Waals surface area contributed by atoms with E-state index in [1.807, 2.05) is 36.9 Å². The van der Waals surface area contributed by atoms with E-state index in [9.17, 15) is 26.4 Å². The highest BCUT2D eigenvalue weighted by Gasteiger charge is 2.58. The summed E-state index contributed by atoms with van der Waals surface area (Å²) in [6.07, 6.45) is 3.52. The number of benzene rings is 2. The van der Waals surface area contributed by atoms with Gasteiger partial charge in [-0.1, -0.05) is 19.6 Å². The molecule has 0 radical (unpaired) electrons. The number of carbonyl (C=O) groups excluding carboxylic acids is 1. The van der Waals surface area contributed by atoms with E-state index in [-0.39, 0.29) is 34.1 Å². The second-order valence-electron chi connectivity index (χ2n) is 15.7. The molecule has 2 aliphatic carbocycles. The third-order valence-corrected chi connectivity index (χ3v) is 12.6. The van der Waals surface area contributed by atoms with Crippen molar-refractivity contribution in [2.24, 2.45) is 16.9 Å². The molecule has 11 nitrogen and oxygen atoms in total. The number of alkyl halides is 3. The lowest BCUT2D eigenvalue weighted by Crippen LogP contribution is -2.64. The lowest BCUT2D eigenvalue weighted by Gasteiger charge is -2.57. The van der Waals surface area contributed by atoms with E-state index in [0.717, 1.165) is 22.0 Å². The summed E-state index contributed by atoms with van der Waals surface area (Å²) in [7, 11) is -3.17. The number of aryl methyl sites for hydroxylation is 2. The van der Waals surface area contributed by atoms with Crippen LogP contribution in [0, 0.1) is 12.3 Å². The molecule has 1 aliphatic heterocycles. The van der Waals surface area contributed by atoms with Gasteiger partial charge in [-0.25, -0.2) is 18.4 Å². The number of hydrogen-bond donors (Lipinski definition) is 3. The van der Waals surface area contributed by atoms with Crippen LogP contribution in [0.4, 0.5) is 13.2 Å². The van der Waals surface area contributed by atoms with Crippen molar-refractivity contribution < 1.29 is 31.1 Å². The molecule has 2 saturated carbocycles. The lowest BCUT2D eigenvalue weighted by atomic mass is 9.49.